The fourth-order valence-corrected chi connectivity index (χ4v) is 0. The second-order valence-electron chi connectivity index (χ2n) is 3.62. The van der Waals surface area contributed by atoms with Crippen LogP contribution in [-0.4, -0.2) is 0 Å². The average molecular weight is 279 g/mol. The van der Waals surface area contributed by atoms with Gasteiger partial charge in [0.15, 0.2) is 0 Å². The number of rotatable bonds is 0. The number of hydrogen-bond acceptors (Lipinski definition) is 0. The van der Waals surface area contributed by atoms with E-state index < -0.39 is 0 Å². The monoisotopic (exact) mass is 278 g/mol. The Labute approximate surface area is 129 Å². The van der Waals surface area contributed by atoms with Crippen LogP contribution in [0.1, 0.15) is 110 Å². The first-order valence-corrected chi connectivity index (χ1v) is 8.47. The van der Waals surface area contributed by atoms with Gasteiger partial charge in [-0.3, -0.25) is 0 Å². The summed E-state index contributed by atoms with van der Waals surface area (Å²) in [6.45, 7) is 35.2. The van der Waals surface area contributed by atoms with Crippen molar-refractivity contribution >= 4 is 0 Å². The van der Waals surface area contributed by atoms with Crippen molar-refractivity contribution in [3.8, 4) is 0 Å². The van der Waals surface area contributed by atoms with Crippen LogP contribution in [0.5, 0.6) is 0 Å². The van der Waals surface area contributed by atoms with Gasteiger partial charge in [-0.2, -0.15) is 0 Å². The van der Waals surface area contributed by atoms with Gasteiger partial charge in [0.1, 0.15) is 0 Å². The van der Waals surface area contributed by atoms with E-state index in [4.69, 9.17) is 0 Å². The summed E-state index contributed by atoms with van der Waals surface area (Å²) >= 11 is 0. The highest BCUT2D eigenvalue weighted by molar-refractivity contribution is 4.55. The first-order valence-electron chi connectivity index (χ1n) is 8.47. The Bertz CT molecular complexity index is 47.5. The molecule has 0 bridgehead atoms. The summed E-state index contributed by atoms with van der Waals surface area (Å²) in [4.78, 5) is 0. The Hall–Kier alpha value is -0.260. The van der Waals surface area contributed by atoms with Crippen LogP contribution < -0.4 is 0 Å². The van der Waals surface area contributed by atoms with Gasteiger partial charge >= 0.3 is 0 Å². The highest BCUT2D eigenvalue weighted by Gasteiger charge is 2.03. The largest absolute Gasteiger partial charge is 0.106 e. The van der Waals surface area contributed by atoms with E-state index in [9.17, 15) is 0 Å². The third-order valence-corrected chi connectivity index (χ3v) is 1.06. The van der Waals surface area contributed by atoms with Crippen molar-refractivity contribution in [2.24, 2.45) is 5.41 Å². The lowest BCUT2D eigenvalue weighted by Gasteiger charge is -2.12. The van der Waals surface area contributed by atoms with Gasteiger partial charge in [0.25, 0.3) is 0 Å². The minimum Gasteiger partial charge on any atom is -0.106 e. The normalized spacial score (nSPS) is 6.21. The summed E-state index contributed by atoms with van der Waals surface area (Å²) in [5, 5.41) is 0. The highest BCUT2D eigenvalue weighted by Crippen LogP contribution is 2.16. The minimum atomic E-state index is 0.542. The SMILES string of the molecule is C=C.CC.CC.CC.CC.CCC.CCC(C)(C)C. The molecule has 0 N–H and O–H groups in total. The van der Waals surface area contributed by atoms with E-state index in [1.807, 2.05) is 55.4 Å². The van der Waals surface area contributed by atoms with Gasteiger partial charge in [0.05, 0.1) is 0 Å². The van der Waals surface area contributed by atoms with Gasteiger partial charge in [-0.1, -0.05) is 110 Å². The highest BCUT2D eigenvalue weighted by atomic mass is 14.1. The number of hydrogen-bond donors (Lipinski definition) is 0. The molecular formula is C19H50. The van der Waals surface area contributed by atoms with E-state index in [2.05, 4.69) is 54.7 Å². The third-order valence-electron chi connectivity index (χ3n) is 1.06. The van der Waals surface area contributed by atoms with Gasteiger partial charge in [0.2, 0.25) is 0 Å². The molecule has 0 atom stereocenters. The summed E-state index contributed by atoms with van der Waals surface area (Å²) < 4.78 is 0. The summed E-state index contributed by atoms with van der Waals surface area (Å²) in [6.07, 6.45) is 2.52. The van der Waals surface area contributed by atoms with Crippen molar-refractivity contribution in [3.05, 3.63) is 13.2 Å². The van der Waals surface area contributed by atoms with Gasteiger partial charge in [0, 0.05) is 0 Å². The van der Waals surface area contributed by atoms with Crippen LogP contribution >= 0.6 is 0 Å². The summed E-state index contributed by atoms with van der Waals surface area (Å²) in [5.74, 6) is 0. The molecule has 0 aromatic heterocycles. The fourth-order valence-electron chi connectivity index (χ4n) is 0. The lowest BCUT2D eigenvalue weighted by molar-refractivity contribution is 0.398. The van der Waals surface area contributed by atoms with Crippen molar-refractivity contribution in [1.82, 2.24) is 0 Å². The standard InChI is InChI=1S/C6H14.C3H8.4C2H6.C2H4/c1-5-6(2,3)4;1-3-2;5*1-2/h5H2,1-4H3;3H2,1-2H3;4*1-2H3;1-2H2. The molecule has 0 amide bonds. The molecule has 126 valence electrons. The quantitative estimate of drug-likeness (QED) is 0.388. The summed E-state index contributed by atoms with van der Waals surface area (Å²) in [6, 6.07) is 0. The molecule has 0 rings (SSSR count). The molecule has 0 saturated carbocycles. The molecule has 19 heavy (non-hydrogen) atoms. The van der Waals surface area contributed by atoms with Gasteiger partial charge < -0.3 is 0 Å². The molecule has 0 aliphatic rings. The zero-order chi connectivity index (χ0) is 17.9. The first-order chi connectivity index (χ1) is 8.97. The molecule has 0 fully saturated rings. The maximum absolute atomic E-state index is 3.00. The molecule has 0 saturated heterocycles. The Balaban J connectivity index is -0.0000000193. The molecule has 0 unspecified atom stereocenters. The zero-order valence-electron chi connectivity index (χ0n) is 17.3. The Kier molecular flexibility index (Phi) is 187. The van der Waals surface area contributed by atoms with Crippen molar-refractivity contribution in [1.29, 1.82) is 0 Å². The minimum absolute atomic E-state index is 0.542. The van der Waals surface area contributed by atoms with E-state index >= 15 is 0 Å². The molecule has 0 aliphatic carbocycles. The molecule has 0 nitrogen and oxygen atoms in total. The van der Waals surface area contributed by atoms with Crippen LogP contribution in [0, 0.1) is 5.41 Å². The van der Waals surface area contributed by atoms with E-state index in [0.717, 1.165) is 0 Å². The van der Waals surface area contributed by atoms with Crippen LogP contribution in [0.15, 0.2) is 13.2 Å². The molecule has 0 aliphatic heterocycles. The second kappa shape index (κ2) is 83.0. The Morgan fingerprint density at radius 1 is 0.579 bits per heavy atom. The third kappa shape index (κ3) is 585. The summed E-state index contributed by atoms with van der Waals surface area (Å²) in [5.41, 5.74) is 0.542. The molecule has 0 aromatic carbocycles. The maximum atomic E-state index is 3.00. The molecule has 0 heteroatoms. The van der Waals surface area contributed by atoms with Gasteiger partial charge in [-0.05, 0) is 5.41 Å². The van der Waals surface area contributed by atoms with Gasteiger partial charge in [-0.15, -0.1) is 13.2 Å². The van der Waals surface area contributed by atoms with Crippen molar-refractivity contribution < 1.29 is 0 Å². The lowest BCUT2D eigenvalue weighted by atomic mass is 9.94. The smallest absolute Gasteiger partial charge is 0.0385 e. The topological polar surface area (TPSA) is 0 Å². The van der Waals surface area contributed by atoms with Crippen LogP contribution in [0.25, 0.3) is 0 Å². The molecule has 0 radical (unpaired) electrons. The van der Waals surface area contributed by atoms with Crippen molar-refractivity contribution in [3.63, 3.8) is 0 Å². The molecule has 0 spiro atoms. The molecular weight excluding hydrogens is 228 g/mol. The van der Waals surface area contributed by atoms with Gasteiger partial charge in [-0.25, -0.2) is 0 Å². The predicted octanol–water partition coefficient (Wildman–Crippen LogP) is 8.77. The maximum Gasteiger partial charge on any atom is -0.0385 e. The Morgan fingerprint density at radius 2 is 0.632 bits per heavy atom. The predicted molar refractivity (Wildman–Crippen MR) is 102 cm³/mol. The van der Waals surface area contributed by atoms with Crippen molar-refractivity contribution in [2.75, 3.05) is 0 Å². The van der Waals surface area contributed by atoms with Crippen LogP contribution in [0.4, 0.5) is 0 Å². The molecule has 0 heterocycles. The first kappa shape index (κ1) is 42.8. The second-order valence-corrected chi connectivity index (χ2v) is 3.62. The molecule has 0 aromatic rings. The lowest BCUT2D eigenvalue weighted by Crippen LogP contribution is -2.00. The van der Waals surface area contributed by atoms with E-state index in [1.165, 1.54) is 12.8 Å². The zero-order valence-corrected chi connectivity index (χ0v) is 17.3. The van der Waals surface area contributed by atoms with E-state index in [1.54, 1.807) is 0 Å². The van der Waals surface area contributed by atoms with Crippen LogP contribution in [0.2, 0.25) is 0 Å². The average Bonchev–Trinajstić information content (AvgIpc) is 2.49. The van der Waals surface area contributed by atoms with E-state index in [-0.39, 0.29) is 0 Å². The summed E-state index contributed by atoms with van der Waals surface area (Å²) in [7, 11) is 0. The fraction of sp³-hybridized carbons (Fsp3) is 0.895. The van der Waals surface area contributed by atoms with Crippen molar-refractivity contribution in [2.45, 2.75) is 110 Å². The Morgan fingerprint density at radius 3 is 0.632 bits per heavy atom. The van der Waals surface area contributed by atoms with Crippen LogP contribution in [-0.2, 0) is 0 Å². The van der Waals surface area contributed by atoms with Crippen LogP contribution in [0.3, 0.4) is 0 Å². The van der Waals surface area contributed by atoms with E-state index in [0.29, 0.717) is 5.41 Å².